The molecule has 1 aromatic carbocycles. The first-order chi connectivity index (χ1) is 8.24. The number of halogens is 1. The number of carbonyl (C=O) groups excluding carboxylic acids is 1. The van der Waals surface area contributed by atoms with Crippen molar-refractivity contribution in [2.75, 3.05) is 5.32 Å². The molecule has 1 aromatic heterocycles. The Kier molecular flexibility index (Phi) is 3.92. The van der Waals surface area contributed by atoms with Crippen LogP contribution in [-0.4, -0.2) is 11.1 Å². The standard InChI is InChI=1S/C12H9IN2O2/c13-9-6-7-11(14-8-9)15-12(16)17-10-4-2-1-3-5-10/h1-8H,(H,14,15,16). The Hall–Kier alpha value is -1.63. The summed E-state index contributed by atoms with van der Waals surface area (Å²) in [7, 11) is 0. The molecule has 0 atom stereocenters. The summed E-state index contributed by atoms with van der Waals surface area (Å²) in [5.41, 5.74) is 0. The molecule has 0 radical (unpaired) electrons. The molecule has 0 aliphatic heterocycles. The number of anilines is 1. The molecule has 4 nitrogen and oxygen atoms in total. The number of benzene rings is 1. The minimum atomic E-state index is -0.551. The van der Waals surface area contributed by atoms with Crippen LogP contribution in [0.3, 0.4) is 0 Å². The van der Waals surface area contributed by atoms with Crippen LogP contribution in [0.1, 0.15) is 0 Å². The molecule has 2 rings (SSSR count). The molecule has 0 saturated heterocycles. The number of hydrogen-bond acceptors (Lipinski definition) is 3. The number of amides is 1. The van der Waals surface area contributed by atoms with Crippen molar-refractivity contribution in [3.05, 3.63) is 52.2 Å². The minimum absolute atomic E-state index is 0.464. The molecule has 0 saturated carbocycles. The molecule has 0 aliphatic carbocycles. The maximum atomic E-state index is 11.5. The SMILES string of the molecule is O=C(Nc1ccc(I)cn1)Oc1ccccc1. The van der Waals surface area contributed by atoms with Crippen LogP contribution in [0.4, 0.5) is 10.6 Å². The van der Waals surface area contributed by atoms with Crippen LogP contribution in [0.15, 0.2) is 48.7 Å². The second-order valence-electron chi connectivity index (χ2n) is 3.19. The zero-order valence-electron chi connectivity index (χ0n) is 8.76. The van der Waals surface area contributed by atoms with Gasteiger partial charge in [-0.05, 0) is 46.9 Å². The minimum Gasteiger partial charge on any atom is -0.410 e. The second kappa shape index (κ2) is 5.62. The van der Waals surface area contributed by atoms with E-state index < -0.39 is 6.09 Å². The van der Waals surface area contributed by atoms with E-state index in [0.717, 1.165) is 3.57 Å². The Balaban J connectivity index is 1.96. The Morgan fingerprint density at radius 3 is 2.59 bits per heavy atom. The Bertz CT molecular complexity index is 500. The van der Waals surface area contributed by atoms with Gasteiger partial charge in [0.2, 0.25) is 0 Å². The number of ether oxygens (including phenoxy) is 1. The Morgan fingerprint density at radius 1 is 1.18 bits per heavy atom. The molecule has 2 aromatic rings. The topological polar surface area (TPSA) is 51.2 Å². The second-order valence-corrected chi connectivity index (χ2v) is 4.43. The Labute approximate surface area is 112 Å². The van der Waals surface area contributed by atoms with E-state index in [1.807, 2.05) is 12.1 Å². The van der Waals surface area contributed by atoms with Gasteiger partial charge in [0.1, 0.15) is 11.6 Å². The largest absolute Gasteiger partial charge is 0.418 e. The quantitative estimate of drug-likeness (QED) is 0.854. The highest BCUT2D eigenvalue weighted by Crippen LogP contribution is 2.11. The number of para-hydroxylation sites is 1. The fourth-order valence-corrected chi connectivity index (χ4v) is 1.49. The third-order valence-electron chi connectivity index (χ3n) is 1.91. The molecule has 17 heavy (non-hydrogen) atoms. The van der Waals surface area contributed by atoms with E-state index in [9.17, 15) is 4.79 Å². The number of rotatable bonds is 2. The summed E-state index contributed by atoms with van der Waals surface area (Å²) in [6, 6.07) is 12.4. The van der Waals surface area contributed by atoms with Crippen LogP contribution in [0, 0.1) is 3.57 Å². The summed E-state index contributed by atoms with van der Waals surface area (Å²) < 4.78 is 6.06. The monoisotopic (exact) mass is 340 g/mol. The van der Waals surface area contributed by atoms with Gasteiger partial charge in [-0.1, -0.05) is 18.2 Å². The molecule has 1 amide bonds. The fraction of sp³-hybridized carbons (Fsp3) is 0. The first-order valence-electron chi connectivity index (χ1n) is 4.89. The van der Waals surface area contributed by atoms with E-state index in [1.54, 1.807) is 36.5 Å². The molecule has 0 aliphatic rings. The predicted molar refractivity (Wildman–Crippen MR) is 73.0 cm³/mol. The normalized spacial score (nSPS) is 9.71. The van der Waals surface area contributed by atoms with Crippen molar-refractivity contribution < 1.29 is 9.53 Å². The van der Waals surface area contributed by atoms with Gasteiger partial charge in [-0.2, -0.15) is 0 Å². The van der Waals surface area contributed by atoms with Gasteiger partial charge >= 0.3 is 6.09 Å². The fourth-order valence-electron chi connectivity index (χ4n) is 1.18. The van der Waals surface area contributed by atoms with Crippen LogP contribution < -0.4 is 10.1 Å². The molecule has 0 fully saturated rings. The molecule has 0 spiro atoms. The van der Waals surface area contributed by atoms with Gasteiger partial charge in [-0.3, -0.25) is 5.32 Å². The van der Waals surface area contributed by atoms with Crippen molar-refractivity contribution in [1.29, 1.82) is 0 Å². The van der Waals surface area contributed by atoms with Crippen molar-refractivity contribution in [1.82, 2.24) is 4.98 Å². The highest BCUT2D eigenvalue weighted by molar-refractivity contribution is 14.1. The van der Waals surface area contributed by atoms with Crippen molar-refractivity contribution in [3.63, 3.8) is 0 Å². The summed E-state index contributed by atoms with van der Waals surface area (Å²) >= 11 is 2.14. The van der Waals surface area contributed by atoms with Crippen LogP contribution >= 0.6 is 22.6 Å². The van der Waals surface area contributed by atoms with E-state index in [0.29, 0.717) is 11.6 Å². The van der Waals surface area contributed by atoms with Gasteiger partial charge in [0.15, 0.2) is 0 Å². The highest BCUT2D eigenvalue weighted by Gasteiger charge is 2.04. The van der Waals surface area contributed by atoms with E-state index >= 15 is 0 Å². The molecule has 1 heterocycles. The predicted octanol–water partition coefficient (Wildman–Crippen LogP) is 3.30. The first-order valence-corrected chi connectivity index (χ1v) is 5.97. The van der Waals surface area contributed by atoms with E-state index in [1.165, 1.54) is 0 Å². The van der Waals surface area contributed by atoms with Crippen LogP contribution in [0.2, 0.25) is 0 Å². The zero-order chi connectivity index (χ0) is 12.1. The summed E-state index contributed by atoms with van der Waals surface area (Å²) in [5, 5.41) is 2.54. The summed E-state index contributed by atoms with van der Waals surface area (Å²) in [5.74, 6) is 0.960. The van der Waals surface area contributed by atoms with Gasteiger partial charge in [-0.25, -0.2) is 9.78 Å². The molecule has 0 bridgehead atoms. The van der Waals surface area contributed by atoms with Crippen molar-refractivity contribution >= 4 is 34.5 Å². The first kappa shape index (κ1) is 11.8. The zero-order valence-corrected chi connectivity index (χ0v) is 10.9. The molecule has 0 unspecified atom stereocenters. The molecular weight excluding hydrogens is 331 g/mol. The van der Waals surface area contributed by atoms with E-state index in [-0.39, 0.29) is 0 Å². The molecule has 86 valence electrons. The number of nitrogens with zero attached hydrogens (tertiary/aromatic N) is 1. The Morgan fingerprint density at radius 2 is 1.94 bits per heavy atom. The summed E-state index contributed by atoms with van der Waals surface area (Å²) in [6.07, 6.45) is 1.11. The van der Waals surface area contributed by atoms with Crippen molar-refractivity contribution in [2.45, 2.75) is 0 Å². The van der Waals surface area contributed by atoms with Crippen LogP contribution in [0.5, 0.6) is 5.75 Å². The van der Waals surface area contributed by atoms with Gasteiger partial charge in [0.05, 0.1) is 0 Å². The van der Waals surface area contributed by atoms with Crippen LogP contribution in [-0.2, 0) is 0 Å². The average Bonchev–Trinajstić information content (AvgIpc) is 2.33. The number of nitrogens with one attached hydrogen (secondary N) is 1. The van der Waals surface area contributed by atoms with Gasteiger partial charge in [0.25, 0.3) is 0 Å². The maximum absolute atomic E-state index is 11.5. The number of pyridine rings is 1. The van der Waals surface area contributed by atoms with Gasteiger partial charge < -0.3 is 4.74 Å². The van der Waals surface area contributed by atoms with Crippen LogP contribution in [0.25, 0.3) is 0 Å². The van der Waals surface area contributed by atoms with Crippen molar-refractivity contribution in [3.8, 4) is 5.75 Å². The third kappa shape index (κ3) is 3.70. The lowest BCUT2D eigenvalue weighted by molar-refractivity contribution is 0.215. The van der Waals surface area contributed by atoms with Crippen molar-refractivity contribution in [2.24, 2.45) is 0 Å². The highest BCUT2D eigenvalue weighted by atomic mass is 127. The molecule has 1 N–H and O–H groups in total. The molecule has 5 heteroatoms. The number of carbonyl (C=O) groups is 1. The van der Waals surface area contributed by atoms with E-state index in [4.69, 9.17) is 4.74 Å². The van der Waals surface area contributed by atoms with Gasteiger partial charge in [0, 0.05) is 9.77 Å². The lowest BCUT2D eigenvalue weighted by Crippen LogP contribution is -2.17. The molecular formula is C12H9IN2O2. The summed E-state index contributed by atoms with van der Waals surface area (Å²) in [6.45, 7) is 0. The average molecular weight is 340 g/mol. The maximum Gasteiger partial charge on any atom is 0.418 e. The lowest BCUT2D eigenvalue weighted by atomic mass is 10.3. The van der Waals surface area contributed by atoms with Gasteiger partial charge in [-0.15, -0.1) is 0 Å². The van der Waals surface area contributed by atoms with E-state index in [2.05, 4.69) is 32.9 Å². The number of hydrogen-bond donors (Lipinski definition) is 1. The lowest BCUT2D eigenvalue weighted by Gasteiger charge is -2.05. The number of aromatic nitrogens is 1. The summed E-state index contributed by atoms with van der Waals surface area (Å²) in [4.78, 5) is 15.5. The third-order valence-corrected chi connectivity index (χ3v) is 2.55. The smallest absolute Gasteiger partial charge is 0.410 e.